The third-order valence-corrected chi connectivity index (χ3v) is 9.84. The number of hydrogen-bond acceptors (Lipinski definition) is 6. The van der Waals surface area contributed by atoms with Gasteiger partial charge >= 0.3 is 0 Å². The van der Waals surface area contributed by atoms with E-state index in [9.17, 15) is 21.2 Å². The van der Waals surface area contributed by atoms with E-state index in [2.05, 4.69) is 9.71 Å². The normalized spacial score (nSPS) is 12.2. The lowest BCUT2D eigenvalue weighted by molar-refractivity contribution is 0.597. The van der Waals surface area contributed by atoms with E-state index in [0.717, 1.165) is 35.4 Å². The Bertz CT molecular complexity index is 2160. The van der Waals surface area contributed by atoms with E-state index >= 15 is 0 Å². The van der Waals surface area contributed by atoms with Crippen molar-refractivity contribution in [2.45, 2.75) is 28.5 Å². The van der Waals surface area contributed by atoms with Crippen molar-refractivity contribution in [3.8, 4) is 5.69 Å². The van der Waals surface area contributed by atoms with Crippen LogP contribution in [0.15, 0.2) is 112 Å². The Morgan fingerprint density at radius 2 is 1.22 bits per heavy atom. The first-order chi connectivity index (χ1) is 19.5. The van der Waals surface area contributed by atoms with Crippen LogP contribution in [-0.4, -0.2) is 31.4 Å². The van der Waals surface area contributed by atoms with Gasteiger partial charge in [0, 0.05) is 5.69 Å². The molecule has 41 heavy (non-hydrogen) atoms. The molecule has 0 saturated heterocycles. The lowest BCUT2D eigenvalue weighted by atomic mass is 10.2. The number of aromatic nitrogens is 3. The number of fused-ring (bicyclic) bond motifs is 2. The number of anilines is 1. The number of aryl methyl sites for hydroxylation is 2. The Morgan fingerprint density at radius 1 is 0.683 bits per heavy atom. The molecule has 6 rings (SSSR count). The highest BCUT2D eigenvalue weighted by Crippen LogP contribution is 2.40. The van der Waals surface area contributed by atoms with Crippen molar-refractivity contribution in [2.24, 2.45) is 0 Å². The fourth-order valence-corrected chi connectivity index (χ4v) is 7.19. The van der Waals surface area contributed by atoms with Gasteiger partial charge in [-0.1, -0.05) is 47.5 Å². The van der Waals surface area contributed by atoms with Crippen LogP contribution in [-0.2, 0) is 19.9 Å². The van der Waals surface area contributed by atoms with Crippen molar-refractivity contribution in [3.63, 3.8) is 0 Å². The summed E-state index contributed by atoms with van der Waals surface area (Å²) in [4.78, 5) is 8.79. The molecule has 2 heterocycles. The smallest absolute Gasteiger partial charge is 0.263 e. The van der Waals surface area contributed by atoms with Gasteiger partial charge in [0.25, 0.3) is 10.0 Å². The summed E-state index contributed by atoms with van der Waals surface area (Å²) in [6, 6.07) is 24.6. The average Bonchev–Trinajstić information content (AvgIpc) is 3.25. The molecule has 0 fully saturated rings. The van der Waals surface area contributed by atoms with Crippen LogP contribution < -0.4 is 4.72 Å². The van der Waals surface area contributed by atoms with Gasteiger partial charge in [0.1, 0.15) is 22.0 Å². The van der Waals surface area contributed by atoms with Crippen LogP contribution in [0.2, 0.25) is 0 Å². The molecule has 206 valence electrons. The van der Waals surface area contributed by atoms with Gasteiger partial charge in [-0.05, 0) is 74.5 Å². The largest absolute Gasteiger partial charge is 0.277 e. The highest BCUT2D eigenvalue weighted by Gasteiger charge is 2.34. The van der Waals surface area contributed by atoms with Crippen molar-refractivity contribution < 1.29 is 21.2 Å². The molecule has 0 saturated carbocycles. The Kier molecular flexibility index (Phi) is 6.35. The van der Waals surface area contributed by atoms with Crippen molar-refractivity contribution in [1.82, 2.24) is 14.5 Å². The molecule has 1 N–H and O–H groups in total. The van der Waals surface area contributed by atoms with Gasteiger partial charge in [-0.15, -0.1) is 0 Å². The fraction of sp³-hybridized carbons (Fsp3) is 0.0667. The Morgan fingerprint density at radius 3 is 1.83 bits per heavy atom. The quantitative estimate of drug-likeness (QED) is 0.258. The molecule has 0 aliphatic heterocycles. The van der Waals surface area contributed by atoms with Gasteiger partial charge < -0.3 is 0 Å². The Balaban J connectivity index is 1.74. The van der Waals surface area contributed by atoms with Crippen LogP contribution in [0.25, 0.3) is 27.9 Å². The lowest BCUT2D eigenvalue weighted by Gasteiger charge is -2.15. The second kappa shape index (κ2) is 9.79. The molecule has 0 bridgehead atoms. The third kappa shape index (κ3) is 4.72. The topological polar surface area (TPSA) is 111 Å². The van der Waals surface area contributed by atoms with E-state index in [1.165, 1.54) is 16.7 Å². The molecular weight excluding hydrogens is 563 g/mol. The van der Waals surface area contributed by atoms with E-state index in [4.69, 9.17) is 4.98 Å². The number of halogens is 1. The van der Waals surface area contributed by atoms with E-state index in [-0.39, 0.29) is 31.7 Å². The minimum absolute atomic E-state index is 0.00153. The maximum Gasteiger partial charge on any atom is 0.263 e. The number of nitrogens with one attached hydrogen (secondary N) is 1. The highest BCUT2D eigenvalue weighted by atomic mass is 32.2. The number of benzene rings is 4. The van der Waals surface area contributed by atoms with Crippen LogP contribution in [0, 0.1) is 19.7 Å². The van der Waals surface area contributed by atoms with Crippen LogP contribution in [0.5, 0.6) is 0 Å². The molecule has 8 nitrogen and oxygen atoms in total. The summed E-state index contributed by atoms with van der Waals surface area (Å²) in [6.45, 7) is 3.73. The molecule has 4 aromatic carbocycles. The maximum atomic E-state index is 14.3. The standard InChI is InChI=1S/C30H23FN4O4S2/c1-19-7-13-22(14-8-19)35-29-27(32-25-5-3-4-6-26(25)33-29)28(40(36,37)23-15-9-20(2)10-16-23)30(35)34-41(38,39)24-17-11-21(31)12-18-24/h3-18,34H,1-2H3. The van der Waals surface area contributed by atoms with Crippen LogP contribution in [0.4, 0.5) is 10.2 Å². The number of rotatable bonds is 6. The summed E-state index contributed by atoms with van der Waals surface area (Å²) in [5.41, 5.74) is 3.35. The number of sulfone groups is 1. The first-order valence-corrected chi connectivity index (χ1v) is 15.5. The molecular formula is C30H23FN4O4S2. The van der Waals surface area contributed by atoms with Crippen LogP contribution in [0.3, 0.4) is 0 Å². The molecule has 0 atom stereocenters. The summed E-state index contributed by atoms with van der Waals surface area (Å²) < 4.78 is 73.5. The number of para-hydroxylation sites is 2. The van der Waals surface area contributed by atoms with E-state index < -0.39 is 25.7 Å². The lowest BCUT2D eigenvalue weighted by Crippen LogP contribution is -2.18. The Labute approximate surface area is 236 Å². The van der Waals surface area contributed by atoms with Gasteiger partial charge in [-0.25, -0.2) is 31.2 Å². The molecule has 2 aromatic heterocycles. The van der Waals surface area contributed by atoms with E-state index in [1.54, 1.807) is 48.5 Å². The summed E-state index contributed by atoms with van der Waals surface area (Å²) in [5, 5.41) is 0. The first-order valence-electron chi connectivity index (χ1n) is 12.5. The van der Waals surface area contributed by atoms with Gasteiger partial charge in [0.05, 0.1) is 20.8 Å². The van der Waals surface area contributed by atoms with Crippen LogP contribution >= 0.6 is 0 Å². The predicted molar refractivity (Wildman–Crippen MR) is 155 cm³/mol. The summed E-state index contributed by atoms with van der Waals surface area (Å²) in [7, 11) is -8.74. The summed E-state index contributed by atoms with van der Waals surface area (Å²) in [6.07, 6.45) is 0. The zero-order valence-corrected chi connectivity index (χ0v) is 23.5. The number of sulfonamides is 1. The number of hydrogen-bond donors (Lipinski definition) is 1. The molecule has 6 aromatic rings. The zero-order chi connectivity index (χ0) is 28.9. The molecule has 0 radical (unpaired) electrons. The van der Waals surface area contributed by atoms with Crippen molar-refractivity contribution in [3.05, 3.63) is 114 Å². The minimum Gasteiger partial charge on any atom is -0.277 e. The molecule has 0 aliphatic rings. The van der Waals surface area contributed by atoms with Gasteiger partial charge in [0.15, 0.2) is 5.65 Å². The van der Waals surface area contributed by atoms with Gasteiger partial charge in [-0.3, -0.25) is 9.29 Å². The molecule has 0 spiro atoms. The number of nitrogens with zero attached hydrogens (tertiary/aromatic N) is 3. The van der Waals surface area contributed by atoms with E-state index in [1.807, 2.05) is 26.0 Å². The van der Waals surface area contributed by atoms with Gasteiger partial charge in [-0.2, -0.15) is 0 Å². The van der Waals surface area contributed by atoms with Crippen molar-refractivity contribution in [2.75, 3.05) is 4.72 Å². The summed E-state index contributed by atoms with van der Waals surface area (Å²) >= 11 is 0. The molecule has 0 amide bonds. The molecule has 0 aliphatic carbocycles. The van der Waals surface area contributed by atoms with Crippen molar-refractivity contribution in [1.29, 1.82) is 0 Å². The second-order valence-corrected chi connectivity index (χ2v) is 13.2. The molecule has 11 heteroatoms. The van der Waals surface area contributed by atoms with Crippen molar-refractivity contribution >= 4 is 47.9 Å². The van der Waals surface area contributed by atoms with E-state index in [0.29, 0.717) is 16.7 Å². The van der Waals surface area contributed by atoms with Gasteiger partial charge in [0.2, 0.25) is 9.84 Å². The Hall–Kier alpha value is -4.61. The predicted octanol–water partition coefficient (Wildman–Crippen LogP) is 5.96. The summed E-state index contributed by atoms with van der Waals surface area (Å²) in [5.74, 6) is -0.871. The molecule has 0 unspecified atom stereocenters. The first kappa shape index (κ1) is 26.6. The fourth-order valence-electron chi connectivity index (χ4n) is 4.55. The second-order valence-electron chi connectivity index (χ2n) is 9.61. The highest BCUT2D eigenvalue weighted by molar-refractivity contribution is 7.93. The maximum absolute atomic E-state index is 14.3. The SMILES string of the molecule is Cc1ccc(-n2c(NS(=O)(=O)c3ccc(F)cc3)c(S(=O)(=O)c3ccc(C)cc3)c3nc4ccccc4nc32)cc1. The average molecular weight is 587 g/mol. The zero-order valence-electron chi connectivity index (χ0n) is 21.9. The minimum atomic E-state index is -4.39. The third-order valence-electron chi connectivity index (χ3n) is 6.66. The van der Waals surface area contributed by atoms with Crippen LogP contribution in [0.1, 0.15) is 11.1 Å². The monoisotopic (exact) mass is 586 g/mol.